The molecule has 0 aliphatic rings. The molecular weight excluding hydrogens is 242 g/mol. The Balaban J connectivity index is 2.18. The lowest BCUT2D eigenvalue weighted by atomic mass is 10.1. The van der Waals surface area contributed by atoms with Gasteiger partial charge >= 0.3 is 11.8 Å². The predicted molar refractivity (Wildman–Crippen MR) is 68.0 cm³/mol. The minimum Gasteiger partial charge on any atom is -0.446 e. The fraction of sp³-hybridized carbons (Fsp3) is 0.0714. The molecule has 0 spiro atoms. The van der Waals surface area contributed by atoms with Gasteiger partial charge in [0.25, 0.3) is 0 Å². The molecular formula is C14H12N3O2+. The summed E-state index contributed by atoms with van der Waals surface area (Å²) < 4.78 is 6.61. The zero-order chi connectivity index (χ0) is 13.7. The second-order valence-electron chi connectivity index (χ2n) is 3.74. The van der Waals surface area contributed by atoms with Crippen LogP contribution in [0.5, 0.6) is 5.88 Å². The zero-order valence-corrected chi connectivity index (χ0v) is 10.3. The summed E-state index contributed by atoms with van der Waals surface area (Å²) in [6.45, 7) is 0. The molecule has 1 N–H and O–H groups in total. The molecule has 0 saturated carbocycles. The first kappa shape index (κ1) is 12.6. The zero-order valence-electron chi connectivity index (χ0n) is 10.3. The lowest BCUT2D eigenvalue weighted by molar-refractivity contribution is -0.647. The number of amides is 1. The first-order valence-corrected chi connectivity index (χ1v) is 5.61. The van der Waals surface area contributed by atoms with Gasteiger partial charge in [0.05, 0.1) is 24.8 Å². The second-order valence-corrected chi connectivity index (χ2v) is 3.74. The van der Waals surface area contributed by atoms with E-state index in [0.29, 0.717) is 17.0 Å². The third-order valence-electron chi connectivity index (χ3n) is 2.53. The van der Waals surface area contributed by atoms with Crippen molar-refractivity contribution in [3.05, 3.63) is 59.8 Å². The second kappa shape index (κ2) is 5.65. The first-order valence-electron chi connectivity index (χ1n) is 5.61. The van der Waals surface area contributed by atoms with Crippen LogP contribution in [0.15, 0.2) is 48.7 Å². The van der Waals surface area contributed by atoms with E-state index in [9.17, 15) is 4.79 Å². The Labute approximate surface area is 110 Å². The summed E-state index contributed by atoms with van der Waals surface area (Å²) in [6, 6.07) is 13.7. The van der Waals surface area contributed by atoms with Gasteiger partial charge in [0.2, 0.25) is 6.20 Å². The van der Waals surface area contributed by atoms with Crippen LogP contribution in [-0.2, 0) is 0 Å². The van der Waals surface area contributed by atoms with Gasteiger partial charge < -0.3 is 4.74 Å². The van der Waals surface area contributed by atoms with E-state index in [1.165, 1.54) is 11.8 Å². The Morgan fingerprint density at radius 2 is 2.00 bits per heavy atom. The molecule has 1 aromatic heterocycles. The molecule has 2 rings (SSSR count). The summed E-state index contributed by atoms with van der Waals surface area (Å²) >= 11 is 0. The number of aromatic nitrogens is 1. The number of ether oxygens (including phenoxy) is 1. The SMILES string of the molecule is COc1cccc[n+]1NC(=O)c1ccc(C#N)cc1. The minimum absolute atomic E-state index is 0.279. The van der Waals surface area contributed by atoms with Crippen LogP contribution in [0, 0.1) is 11.3 Å². The van der Waals surface area contributed by atoms with E-state index < -0.39 is 0 Å². The van der Waals surface area contributed by atoms with E-state index in [4.69, 9.17) is 10.00 Å². The number of hydrogen-bond donors (Lipinski definition) is 1. The molecule has 2 aromatic rings. The lowest BCUT2D eigenvalue weighted by Gasteiger charge is -2.02. The Bertz CT molecular complexity index is 630. The highest BCUT2D eigenvalue weighted by atomic mass is 16.5. The van der Waals surface area contributed by atoms with Gasteiger partial charge in [-0.25, -0.2) is 0 Å². The first-order chi connectivity index (χ1) is 9.24. The maximum Gasteiger partial charge on any atom is 0.396 e. The summed E-state index contributed by atoms with van der Waals surface area (Å²) in [4.78, 5) is 12.0. The van der Waals surface area contributed by atoms with Crippen molar-refractivity contribution < 1.29 is 14.2 Å². The van der Waals surface area contributed by atoms with Gasteiger partial charge in [-0.3, -0.25) is 4.79 Å². The van der Waals surface area contributed by atoms with E-state index >= 15 is 0 Å². The largest absolute Gasteiger partial charge is 0.446 e. The van der Waals surface area contributed by atoms with Crippen LogP contribution in [0.25, 0.3) is 0 Å². The lowest BCUT2D eigenvalue weighted by Crippen LogP contribution is -2.48. The minimum atomic E-state index is -0.279. The van der Waals surface area contributed by atoms with E-state index in [0.717, 1.165) is 0 Å². The number of hydrogen-bond acceptors (Lipinski definition) is 3. The normalized spacial score (nSPS) is 9.47. The summed E-state index contributed by atoms with van der Waals surface area (Å²) in [7, 11) is 1.53. The molecule has 5 heteroatoms. The van der Waals surface area contributed by atoms with Crippen LogP contribution in [0.1, 0.15) is 15.9 Å². The molecule has 0 bridgehead atoms. The van der Waals surface area contributed by atoms with Crippen molar-refractivity contribution in [1.82, 2.24) is 0 Å². The summed E-state index contributed by atoms with van der Waals surface area (Å²) in [5.41, 5.74) is 3.67. The fourth-order valence-electron chi connectivity index (χ4n) is 1.56. The molecule has 0 saturated heterocycles. The van der Waals surface area contributed by atoms with Gasteiger partial charge in [-0.2, -0.15) is 5.26 Å². The van der Waals surface area contributed by atoms with E-state index in [1.54, 1.807) is 42.6 Å². The van der Waals surface area contributed by atoms with Crippen molar-refractivity contribution >= 4 is 5.91 Å². The maximum absolute atomic E-state index is 12.0. The van der Waals surface area contributed by atoms with Crippen molar-refractivity contribution in [3.63, 3.8) is 0 Å². The van der Waals surface area contributed by atoms with Gasteiger partial charge in [0.15, 0.2) is 0 Å². The molecule has 5 nitrogen and oxygen atoms in total. The monoisotopic (exact) mass is 254 g/mol. The molecule has 0 aliphatic carbocycles. The molecule has 1 amide bonds. The van der Waals surface area contributed by atoms with Gasteiger partial charge in [-0.05, 0) is 35.0 Å². The third-order valence-corrected chi connectivity index (χ3v) is 2.53. The van der Waals surface area contributed by atoms with Crippen LogP contribution in [-0.4, -0.2) is 13.0 Å². The molecule has 0 atom stereocenters. The number of nitrogens with one attached hydrogen (secondary N) is 1. The van der Waals surface area contributed by atoms with Gasteiger partial charge in [-0.1, -0.05) is 0 Å². The number of methoxy groups -OCH3 is 1. The Morgan fingerprint density at radius 3 is 2.63 bits per heavy atom. The Hall–Kier alpha value is -2.87. The fourth-order valence-corrected chi connectivity index (χ4v) is 1.56. The maximum atomic E-state index is 12.0. The van der Waals surface area contributed by atoms with Crippen LogP contribution in [0.3, 0.4) is 0 Å². The molecule has 1 aromatic carbocycles. The number of nitrogens with zero attached hydrogens (tertiary/aromatic N) is 2. The average molecular weight is 254 g/mol. The van der Waals surface area contributed by atoms with Crippen molar-refractivity contribution in [2.45, 2.75) is 0 Å². The van der Waals surface area contributed by atoms with Gasteiger partial charge in [0, 0.05) is 11.6 Å². The van der Waals surface area contributed by atoms with Crippen LogP contribution in [0.4, 0.5) is 0 Å². The topological polar surface area (TPSA) is 66.0 Å². The molecule has 0 fully saturated rings. The number of rotatable bonds is 3. The Morgan fingerprint density at radius 1 is 1.26 bits per heavy atom. The molecule has 0 aliphatic heterocycles. The highest BCUT2D eigenvalue weighted by molar-refractivity contribution is 5.98. The number of nitriles is 1. The van der Waals surface area contributed by atoms with E-state index in [-0.39, 0.29) is 5.91 Å². The average Bonchev–Trinajstić information content (AvgIpc) is 2.48. The number of carbonyl (C=O) groups excluding carboxylic acids is 1. The Kier molecular flexibility index (Phi) is 3.74. The quantitative estimate of drug-likeness (QED) is 0.838. The molecule has 94 valence electrons. The molecule has 0 unspecified atom stereocenters. The summed E-state index contributed by atoms with van der Waals surface area (Å²) in [5, 5.41) is 8.70. The smallest absolute Gasteiger partial charge is 0.396 e. The number of pyridine rings is 1. The number of carbonyl (C=O) groups is 1. The molecule has 1 heterocycles. The highest BCUT2D eigenvalue weighted by Gasteiger charge is 2.15. The van der Waals surface area contributed by atoms with Crippen molar-refractivity contribution in [1.29, 1.82) is 5.26 Å². The third kappa shape index (κ3) is 2.87. The molecule has 19 heavy (non-hydrogen) atoms. The van der Waals surface area contributed by atoms with E-state index in [2.05, 4.69) is 5.43 Å². The van der Waals surface area contributed by atoms with Crippen molar-refractivity contribution in [2.75, 3.05) is 12.5 Å². The van der Waals surface area contributed by atoms with E-state index in [1.807, 2.05) is 12.1 Å². The molecule has 0 radical (unpaired) electrons. The van der Waals surface area contributed by atoms with Crippen LogP contribution in [0.2, 0.25) is 0 Å². The highest BCUT2D eigenvalue weighted by Crippen LogP contribution is 2.04. The van der Waals surface area contributed by atoms with Gasteiger partial charge in [0.1, 0.15) is 0 Å². The van der Waals surface area contributed by atoms with Crippen LogP contribution >= 0.6 is 0 Å². The summed E-state index contributed by atoms with van der Waals surface area (Å²) in [5.74, 6) is 0.239. The number of benzene rings is 1. The van der Waals surface area contributed by atoms with Crippen LogP contribution < -0.4 is 14.8 Å². The van der Waals surface area contributed by atoms with Gasteiger partial charge in [-0.15, -0.1) is 5.43 Å². The van der Waals surface area contributed by atoms with Crippen molar-refractivity contribution in [2.24, 2.45) is 0 Å². The van der Waals surface area contributed by atoms with Crippen molar-refractivity contribution in [3.8, 4) is 11.9 Å². The standard InChI is InChI=1S/C14H11N3O2/c1-19-13-4-2-3-9-17(13)16-14(18)12-7-5-11(10-15)6-8-12/h2-9H,1H3/p+1. The predicted octanol–water partition coefficient (Wildman–Crippen LogP) is 1.24. The summed E-state index contributed by atoms with van der Waals surface area (Å²) in [6.07, 6.45) is 1.68.